The second kappa shape index (κ2) is 6.70. The molecule has 0 aliphatic heterocycles. The SMILES string of the molecule is CCn1cc(/C=C/C(=O)Nc2cn(CC)nc2C(N)=O)cn1. The van der Waals surface area contributed by atoms with E-state index in [2.05, 4.69) is 15.5 Å². The summed E-state index contributed by atoms with van der Waals surface area (Å²) in [4.78, 5) is 23.2. The van der Waals surface area contributed by atoms with Crippen molar-refractivity contribution in [3.63, 3.8) is 0 Å². The van der Waals surface area contributed by atoms with Gasteiger partial charge in [0.25, 0.3) is 5.91 Å². The Kier molecular flexibility index (Phi) is 4.72. The highest BCUT2D eigenvalue weighted by molar-refractivity contribution is 6.06. The molecule has 0 saturated heterocycles. The number of nitrogens with two attached hydrogens (primary N) is 1. The molecule has 0 aliphatic carbocycles. The molecule has 8 heteroatoms. The molecule has 0 fully saturated rings. The first-order chi connectivity index (χ1) is 10.5. The van der Waals surface area contributed by atoms with Crippen molar-refractivity contribution in [3.05, 3.63) is 35.9 Å². The van der Waals surface area contributed by atoms with E-state index in [1.54, 1.807) is 23.2 Å². The summed E-state index contributed by atoms with van der Waals surface area (Å²) in [6, 6.07) is 0. The molecular weight excluding hydrogens is 284 g/mol. The number of amides is 2. The van der Waals surface area contributed by atoms with Gasteiger partial charge in [0.1, 0.15) is 0 Å². The third-order valence-corrected chi connectivity index (χ3v) is 2.98. The summed E-state index contributed by atoms with van der Waals surface area (Å²) in [6.45, 7) is 5.18. The van der Waals surface area contributed by atoms with E-state index < -0.39 is 5.91 Å². The fourth-order valence-electron chi connectivity index (χ4n) is 1.84. The molecule has 116 valence electrons. The normalized spacial score (nSPS) is 11.0. The Morgan fingerprint density at radius 2 is 2.00 bits per heavy atom. The number of nitrogens with zero attached hydrogens (tertiary/aromatic N) is 4. The summed E-state index contributed by atoms with van der Waals surface area (Å²) >= 11 is 0. The summed E-state index contributed by atoms with van der Waals surface area (Å²) in [6.07, 6.45) is 8.07. The standard InChI is InChI=1S/C14H18N6O2/c1-3-19-8-10(7-16-19)5-6-12(21)17-11-9-20(4-2)18-13(11)14(15)22/h5-9H,3-4H2,1-2H3,(H2,15,22)(H,17,21)/b6-5+. The summed E-state index contributed by atoms with van der Waals surface area (Å²) < 4.78 is 3.29. The topological polar surface area (TPSA) is 108 Å². The van der Waals surface area contributed by atoms with Crippen LogP contribution in [0.3, 0.4) is 0 Å². The molecule has 0 radical (unpaired) electrons. The molecule has 0 unspecified atom stereocenters. The molecule has 3 N–H and O–H groups in total. The Morgan fingerprint density at radius 3 is 2.59 bits per heavy atom. The van der Waals surface area contributed by atoms with Crippen molar-refractivity contribution < 1.29 is 9.59 Å². The zero-order valence-corrected chi connectivity index (χ0v) is 12.5. The monoisotopic (exact) mass is 302 g/mol. The number of carbonyl (C=O) groups excluding carboxylic acids is 2. The molecule has 2 amide bonds. The lowest BCUT2D eigenvalue weighted by Crippen LogP contribution is -2.16. The van der Waals surface area contributed by atoms with Gasteiger partial charge in [0, 0.05) is 37.1 Å². The maximum Gasteiger partial charge on any atom is 0.271 e. The van der Waals surface area contributed by atoms with Crippen molar-refractivity contribution in [2.45, 2.75) is 26.9 Å². The predicted molar refractivity (Wildman–Crippen MR) is 82.0 cm³/mol. The molecule has 8 nitrogen and oxygen atoms in total. The van der Waals surface area contributed by atoms with Gasteiger partial charge in [0.05, 0.1) is 11.9 Å². The van der Waals surface area contributed by atoms with Crippen molar-refractivity contribution in [2.24, 2.45) is 5.73 Å². The second-order valence-corrected chi connectivity index (χ2v) is 4.56. The van der Waals surface area contributed by atoms with E-state index in [1.165, 1.54) is 10.8 Å². The Balaban J connectivity index is 2.08. The third kappa shape index (κ3) is 3.60. The van der Waals surface area contributed by atoms with Crippen molar-refractivity contribution in [2.75, 3.05) is 5.32 Å². The van der Waals surface area contributed by atoms with Gasteiger partial charge in [0.2, 0.25) is 5.91 Å². The lowest BCUT2D eigenvalue weighted by Gasteiger charge is -1.99. The average Bonchev–Trinajstić information content (AvgIpc) is 3.11. The van der Waals surface area contributed by atoms with Crippen LogP contribution in [-0.4, -0.2) is 31.4 Å². The average molecular weight is 302 g/mol. The zero-order valence-electron chi connectivity index (χ0n) is 12.5. The van der Waals surface area contributed by atoms with Gasteiger partial charge in [-0.25, -0.2) is 0 Å². The fourth-order valence-corrected chi connectivity index (χ4v) is 1.84. The predicted octanol–water partition coefficient (Wildman–Crippen LogP) is 0.870. The number of aromatic nitrogens is 4. The Labute approximate surface area is 127 Å². The van der Waals surface area contributed by atoms with Crippen LogP contribution in [0.5, 0.6) is 0 Å². The summed E-state index contributed by atoms with van der Waals surface area (Å²) in [5.74, 6) is -1.06. The number of rotatable bonds is 6. The molecule has 2 aromatic rings. The minimum absolute atomic E-state index is 0.0439. The lowest BCUT2D eigenvalue weighted by atomic mass is 10.3. The van der Waals surface area contributed by atoms with Gasteiger partial charge in [0.15, 0.2) is 5.69 Å². The van der Waals surface area contributed by atoms with E-state index in [0.29, 0.717) is 12.2 Å². The Bertz CT molecular complexity index is 713. The molecule has 0 spiro atoms. The largest absolute Gasteiger partial charge is 0.364 e. The molecule has 0 bridgehead atoms. The van der Waals surface area contributed by atoms with Crippen LogP contribution in [0.25, 0.3) is 6.08 Å². The lowest BCUT2D eigenvalue weighted by molar-refractivity contribution is -0.111. The number of nitrogens with one attached hydrogen (secondary N) is 1. The van der Waals surface area contributed by atoms with Crippen LogP contribution in [-0.2, 0) is 17.9 Å². The molecular formula is C14H18N6O2. The van der Waals surface area contributed by atoms with Crippen LogP contribution in [0.1, 0.15) is 29.9 Å². The Hall–Kier alpha value is -2.90. The molecule has 2 rings (SSSR count). The quantitative estimate of drug-likeness (QED) is 0.772. The van der Waals surface area contributed by atoms with E-state index in [-0.39, 0.29) is 11.6 Å². The fraction of sp³-hybridized carbons (Fsp3) is 0.286. The van der Waals surface area contributed by atoms with Crippen molar-refractivity contribution in [1.29, 1.82) is 0 Å². The van der Waals surface area contributed by atoms with E-state index in [0.717, 1.165) is 12.1 Å². The van der Waals surface area contributed by atoms with Gasteiger partial charge in [-0.05, 0) is 19.9 Å². The van der Waals surface area contributed by atoms with E-state index in [1.807, 2.05) is 20.0 Å². The molecule has 0 aromatic carbocycles. The first-order valence-corrected chi connectivity index (χ1v) is 6.92. The van der Waals surface area contributed by atoms with E-state index in [9.17, 15) is 9.59 Å². The van der Waals surface area contributed by atoms with E-state index in [4.69, 9.17) is 5.73 Å². The van der Waals surface area contributed by atoms with Crippen molar-refractivity contribution in [1.82, 2.24) is 19.6 Å². The zero-order chi connectivity index (χ0) is 16.1. The highest BCUT2D eigenvalue weighted by Gasteiger charge is 2.14. The number of primary amides is 1. The van der Waals surface area contributed by atoms with Crippen LogP contribution in [0.2, 0.25) is 0 Å². The van der Waals surface area contributed by atoms with Gasteiger partial charge in [-0.2, -0.15) is 10.2 Å². The van der Waals surface area contributed by atoms with Crippen LogP contribution < -0.4 is 11.1 Å². The maximum absolute atomic E-state index is 11.9. The highest BCUT2D eigenvalue weighted by atomic mass is 16.2. The summed E-state index contributed by atoms with van der Waals surface area (Å²) in [5.41, 5.74) is 6.41. The van der Waals surface area contributed by atoms with Crippen LogP contribution >= 0.6 is 0 Å². The van der Waals surface area contributed by atoms with Crippen molar-refractivity contribution in [3.8, 4) is 0 Å². The van der Waals surface area contributed by atoms with Crippen LogP contribution in [0.15, 0.2) is 24.7 Å². The van der Waals surface area contributed by atoms with Gasteiger partial charge in [-0.3, -0.25) is 19.0 Å². The molecule has 2 heterocycles. The molecule has 0 atom stereocenters. The number of hydrogen-bond donors (Lipinski definition) is 2. The van der Waals surface area contributed by atoms with Gasteiger partial charge in [-0.1, -0.05) is 0 Å². The molecule has 2 aromatic heterocycles. The number of aryl methyl sites for hydroxylation is 2. The first kappa shape index (κ1) is 15.5. The molecule has 0 aliphatic rings. The minimum atomic E-state index is -0.685. The smallest absolute Gasteiger partial charge is 0.271 e. The van der Waals surface area contributed by atoms with Gasteiger partial charge >= 0.3 is 0 Å². The van der Waals surface area contributed by atoms with Crippen LogP contribution in [0, 0.1) is 0 Å². The highest BCUT2D eigenvalue weighted by Crippen LogP contribution is 2.13. The summed E-state index contributed by atoms with van der Waals surface area (Å²) in [7, 11) is 0. The Morgan fingerprint density at radius 1 is 1.27 bits per heavy atom. The molecule has 0 saturated carbocycles. The second-order valence-electron chi connectivity index (χ2n) is 4.56. The third-order valence-electron chi connectivity index (χ3n) is 2.98. The maximum atomic E-state index is 11.9. The summed E-state index contributed by atoms with van der Waals surface area (Å²) in [5, 5.41) is 10.7. The van der Waals surface area contributed by atoms with E-state index >= 15 is 0 Å². The minimum Gasteiger partial charge on any atom is -0.364 e. The number of anilines is 1. The number of hydrogen-bond acceptors (Lipinski definition) is 4. The molecule has 22 heavy (non-hydrogen) atoms. The van der Waals surface area contributed by atoms with Gasteiger partial charge in [-0.15, -0.1) is 0 Å². The number of carbonyl (C=O) groups is 2. The van der Waals surface area contributed by atoms with Crippen molar-refractivity contribution >= 4 is 23.6 Å². The van der Waals surface area contributed by atoms with Crippen LogP contribution in [0.4, 0.5) is 5.69 Å². The van der Waals surface area contributed by atoms with Gasteiger partial charge < -0.3 is 11.1 Å². The first-order valence-electron chi connectivity index (χ1n) is 6.92.